The van der Waals surface area contributed by atoms with Crippen LogP contribution in [0, 0.1) is 17.0 Å². The molecule has 23 heavy (non-hydrogen) atoms. The Bertz CT molecular complexity index is 754. The number of benzene rings is 1. The first-order valence-corrected chi connectivity index (χ1v) is 7.05. The topological polar surface area (TPSA) is 84.0 Å². The maximum atomic E-state index is 13.9. The molecule has 0 radical (unpaired) electrons. The molecule has 0 saturated heterocycles. The van der Waals surface area contributed by atoms with Crippen LogP contribution in [0.2, 0.25) is 5.02 Å². The van der Waals surface area contributed by atoms with E-state index in [-0.39, 0.29) is 28.0 Å². The number of halogens is 3. The summed E-state index contributed by atoms with van der Waals surface area (Å²) in [6.45, 7) is 1.51. The van der Waals surface area contributed by atoms with Crippen molar-refractivity contribution in [2.45, 2.75) is 13.0 Å². The van der Waals surface area contributed by atoms with Crippen molar-refractivity contribution in [3.63, 3.8) is 0 Å². The Morgan fingerprint density at radius 1 is 1.39 bits per heavy atom. The van der Waals surface area contributed by atoms with Crippen LogP contribution >= 0.6 is 11.6 Å². The van der Waals surface area contributed by atoms with Crippen molar-refractivity contribution in [3.8, 4) is 5.75 Å². The highest BCUT2D eigenvalue weighted by atomic mass is 35.5. The number of amidine groups is 1. The first kappa shape index (κ1) is 17.0. The molecule has 0 bridgehead atoms. The Hall–Kier alpha value is -2.41. The van der Waals surface area contributed by atoms with Crippen LogP contribution in [0.15, 0.2) is 24.4 Å². The van der Waals surface area contributed by atoms with Crippen molar-refractivity contribution < 1.29 is 13.5 Å². The molecule has 1 atom stereocenters. The van der Waals surface area contributed by atoms with Crippen molar-refractivity contribution in [2.24, 2.45) is 0 Å². The molecule has 1 aromatic heterocycles. The summed E-state index contributed by atoms with van der Waals surface area (Å²) >= 11 is 5.82. The van der Waals surface area contributed by atoms with Gasteiger partial charge in [-0.15, -0.1) is 0 Å². The van der Waals surface area contributed by atoms with E-state index in [4.69, 9.17) is 27.5 Å². The molecule has 0 aliphatic rings. The molecule has 122 valence electrons. The highest BCUT2D eigenvalue weighted by Gasteiger charge is 2.21. The number of aromatic nitrogens is 1. The maximum Gasteiger partial charge on any atom is 0.166 e. The van der Waals surface area contributed by atoms with Crippen LogP contribution in [0.5, 0.6) is 5.75 Å². The Labute approximate surface area is 136 Å². The molecule has 0 aliphatic carbocycles. The molecule has 5 nitrogen and oxygen atoms in total. The van der Waals surface area contributed by atoms with Gasteiger partial charge in [0.15, 0.2) is 11.6 Å². The average molecular weight is 341 g/mol. The quantitative estimate of drug-likeness (QED) is 0.453. The van der Waals surface area contributed by atoms with E-state index in [9.17, 15) is 8.78 Å². The summed E-state index contributed by atoms with van der Waals surface area (Å²) in [6.07, 6.45) is 0.503. The van der Waals surface area contributed by atoms with Gasteiger partial charge in [-0.05, 0) is 25.1 Å². The van der Waals surface area contributed by atoms with Crippen LogP contribution in [0.1, 0.15) is 24.2 Å². The van der Waals surface area contributed by atoms with Gasteiger partial charge in [-0.25, -0.2) is 13.8 Å². The molecule has 1 aromatic carbocycles. The normalized spacial score (nSPS) is 11.9. The summed E-state index contributed by atoms with van der Waals surface area (Å²) in [7, 11) is 1.59. The Balaban J connectivity index is 2.36. The fourth-order valence-corrected chi connectivity index (χ4v) is 2.30. The molecule has 2 rings (SSSR count). The van der Waals surface area contributed by atoms with Crippen molar-refractivity contribution in [1.29, 1.82) is 5.41 Å². The van der Waals surface area contributed by atoms with Crippen LogP contribution in [0.3, 0.4) is 0 Å². The van der Waals surface area contributed by atoms with Crippen molar-refractivity contribution in [2.75, 3.05) is 12.8 Å². The number of ether oxygens (including phenoxy) is 1. The van der Waals surface area contributed by atoms with E-state index in [1.165, 1.54) is 19.2 Å². The molecule has 4 N–H and O–H groups in total. The summed E-state index contributed by atoms with van der Waals surface area (Å²) in [4.78, 5) is 3.93. The predicted octanol–water partition coefficient (Wildman–Crippen LogP) is 3.28. The molecule has 2 aromatic rings. The summed E-state index contributed by atoms with van der Waals surface area (Å²) in [5, 5.41) is 10.0. The minimum atomic E-state index is -0.902. The average Bonchev–Trinajstić information content (AvgIpc) is 2.52. The number of nitrogens with zero attached hydrogens (tertiary/aromatic N) is 1. The number of nitrogens with one attached hydrogen (secondary N) is 2. The fraction of sp³-hybridized carbons (Fsp3) is 0.200. The Kier molecular flexibility index (Phi) is 5.00. The zero-order valence-electron chi connectivity index (χ0n) is 12.5. The standard InChI is InChI=1S/C15H15ClF2N4O/c1-7(12-9(17)3-4-10(18)13(12)16)23-11-5-8(14(19)21-2)6-22-15(11)20/h3-7H,1-2H3,(H2,19,21)(H2,20,22). The van der Waals surface area contributed by atoms with E-state index < -0.39 is 17.7 Å². The first-order valence-electron chi connectivity index (χ1n) is 6.67. The van der Waals surface area contributed by atoms with E-state index in [1.54, 1.807) is 7.05 Å². The highest BCUT2D eigenvalue weighted by Crippen LogP contribution is 2.33. The molecular weight excluding hydrogens is 326 g/mol. The third-order valence-corrected chi connectivity index (χ3v) is 3.59. The molecule has 0 fully saturated rings. The van der Waals surface area contributed by atoms with Gasteiger partial charge in [-0.2, -0.15) is 0 Å². The van der Waals surface area contributed by atoms with Gasteiger partial charge in [0.05, 0.1) is 5.02 Å². The molecule has 8 heteroatoms. The lowest BCUT2D eigenvalue weighted by Gasteiger charge is -2.18. The molecule has 1 heterocycles. The number of anilines is 1. The van der Waals surface area contributed by atoms with Crippen LogP contribution in [-0.2, 0) is 0 Å². The molecular formula is C15H15ClF2N4O. The molecule has 0 aliphatic heterocycles. The van der Waals surface area contributed by atoms with E-state index in [1.807, 2.05) is 0 Å². The number of pyridine rings is 1. The Morgan fingerprint density at radius 2 is 2.04 bits per heavy atom. The molecule has 0 amide bonds. The number of nitrogens with two attached hydrogens (primary N) is 1. The van der Waals surface area contributed by atoms with Gasteiger partial charge in [-0.3, -0.25) is 5.41 Å². The molecule has 1 unspecified atom stereocenters. The largest absolute Gasteiger partial charge is 0.482 e. The van der Waals surface area contributed by atoms with Gasteiger partial charge >= 0.3 is 0 Å². The predicted molar refractivity (Wildman–Crippen MR) is 84.9 cm³/mol. The summed E-state index contributed by atoms with van der Waals surface area (Å²) in [5.74, 6) is -1.10. The van der Waals surface area contributed by atoms with Crippen molar-refractivity contribution in [1.82, 2.24) is 10.3 Å². The van der Waals surface area contributed by atoms with Crippen molar-refractivity contribution >= 4 is 23.3 Å². The maximum absolute atomic E-state index is 13.9. The highest BCUT2D eigenvalue weighted by molar-refractivity contribution is 6.31. The van der Waals surface area contributed by atoms with Crippen LogP contribution < -0.4 is 15.8 Å². The van der Waals surface area contributed by atoms with Crippen LogP contribution in [0.25, 0.3) is 0 Å². The summed E-state index contributed by atoms with van der Waals surface area (Å²) in [5.41, 5.74) is 6.06. The fourth-order valence-electron chi connectivity index (χ4n) is 2.00. The van der Waals surface area contributed by atoms with E-state index >= 15 is 0 Å². The van der Waals surface area contributed by atoms with Gasteiger partial charge in [0.2, 0.25) is 0 Å². The lowest BCUT2D eigenvalue weighted by atomic mass is 10.1. The number of rotatable bonds is 4. The van der Waals surface area contributed by atoms with Gasteiger partial charge in [0, 0.05) is 24.4 Å². The van der Waals surface area contributed by atoms with E-state index in [0.29, 0.717) is 5.56 Å². The minimum Gasteiger partial charge on any atom is -0.482 e. The zero-order chi connectivity index (χ0) is 17.1. The SMILES string of the molecule is CNC(=N)c1cnc(N)c(OC(C)c2c(F)ccc(F)c2Cl)c1. The van der Waals surface area contributed by atoms with E-state index in [2.05, 4.69) is 10.3 Å². The van der Waals surface area contributed by atoms with Gasteiger partial charge in [0.25, 0.3) is 0 Å². The monoisotopic (exact) mass is 340 g/mol. The first-order chi connectivity index (χ1) is 10.8. The van der Waals surface area contributed by atoms with Crippen molar-refractivity contribution in [3.05, 3.63) is 52.2 Å². The van der Waals surface area contributed by atoms with Gasteiger partial charge < -0.3 is 15.8 Å². The second-order valence-corrected chi connectivity index (χ2v) is 5.13. The van der Waals surface area contributed by atoms with Gasteiger partial charge in [0.1, 0.15) is 23.6 Å². The van der Waals surface area contributed by atoms with Crippen LogP contribution in [-0.4, -0.2) is 17.9 Å². The second kappa shape index (κ2) is 6.78. The Morgan fingerprint density at radius 3 is 2.70 bits per heavy atom. The van der Waals surface area contributed by atoms with E-state index in [0.717, 1.165) is 12.1 Å². The third-order valence-electron chi connectivity index (χ3n) is 3.21. The minimum absolute atomic E-state index is 0.0671. The number of hydrogen-bond donors (Lipinski definition) is 3. The third kappa shape index (κ3) is 3.50. The number of nitrogen functional groups attached to an aromatic ring is 1. The smallest absolute Gasteiger partial charge is 0.166 e. The molecule has 0 spiro atoms. The van der Waals surface area contributed by atoms with Crippen LogP contribution in [0.4, 0.5) is 14.6 Å². The summed E-state index contributed by atoms with van der Waals surface area (Å²) < 4.78 is 33.0. The van der Waals surface area contributed by atoms with Gasteiger partial charge in [-0.1, -0.05) is 11.6 Å². The zero-order valence-corrected chi connectivity index (χ0v) is 13.2. The lowest BCUT2D eigenvalue weighted by molar-refractivity contribution is 0.221. The second-order valence-electron chi connectivity index (χ2n) is 4.75. The summed E-state index contributed by atoms with van der Waals surface area (Å²) in [6, 6.07) is 3.41. The number of hydrogen-bond acceptors (Lipinski definition) is 4. The lowest BCUT2D eigenvalue weighted by Crippen LogP contribution is -2.18. The molecule has 0 saturated carbocycles.